The summed E-state index contributed by atoms with van der Waals surface area (Å²) in [5.74, 6) is 1.17. The van der Waals surface area contributed by atoms with Gasteiger partial charge in [-0.05, 0) is 31.0 Å². The number of nitrogens with one attached hydrogen (secondary N) is 1. The lowest BCUT2D eigenvalue weighted by atomic mass is 9.98. The van der Waals surface area contributed by atoms with E-state index >= 15 is 0 Å². The number of hydrogen-bond acceptors (Lipinski definition) is 4. The Kier molecular flexibility index (Phi) is 6.74. The normalized spacial score (nSPS) is 17.5. The fourth-order valence-electron chi connectivity index (χ4n) is 3.02. The van der Waals surface area contributed by atoms with Gasteiger partial charge in [-0.25, -0.2) is 0 Å². The van der Waals surface area contributed by atoms with E-state index in [-0.39, 0.29) is 12.5 Å². The number of alkyl halides is 3. The van der Waals surface area contributed by atoms with Crippen molar-refractivity contribution in [2.75, 3.05) is 39.9 Å². The molecule has 2 rings (SSSR count). The summed E-state index contributed by atoms with van der Waals surface area (Å²) < 4.78 is 49.0. The summed E-state index contributed by atoms with van der Waals surface area (Å²) >= 11 is 0. The standard InChI is InChI=1S/C17H25F3N2O2/c1-3-24-15-5-4-13(12-16(15)23-2)14(6-7-17(18,19)20)22-10-8-21-9-11-22/h4-5,12,14,21H,3,6-11H2,1-2H3/t14-/m1/s1. The average molecular weight is 346 g/mol. The predicted octanol–water partition coefficient (Wildman–Crippen LogP) is 3.38. The van der Waals surface area contributed by atoms with Crippen molar-refractivity contribution in [3.05, 3.63) is 23.8 Å². The first-order valence-corrected chi connectivity index (χ1v) is 8.27. The number of nitrogens with zero attached hydrogens (tertiary/aromatic N) is 1. The maximum absolute atomic E-state index is 12.7. The number of ether oxygens (including phenoxy) is 2. The maximum atomic E-state index is 12.7. The van der Waals surface area contributed by atoms with Gasteiger partial charge in [-0.15, -0.1) is 0 Å². The van der Waals surface area contributed by atoms with Crippen molar-refractivity contribution in [3.8, 4) is 11.5 Å². The molecule has 0 radical (unpaired) electrons. The van der Waals surface area contributed by atoms with Gasteiger partial charge in [0.2, 0.25) is 0 Å². The monoisotopic (exact) mass is 346 g/mol. The molecular weight excluding hydrogens is 321 g/mol. The highest BCUT2D eigenvalue weighted by Crippen LogP contribution is 2.36. The Morgan fingerprint density at radius 2 is 1.92 bits per heavy atom. The molecule has 1 fully saturated rings. The van der Waals surface area contributed by atoms with Gasteiger partial charge in [-0.1, -0.05) is 6.07 Å². The van der Waals surface area contributed by atoms with Gasteiger partial charge in [0.1, 0.15) is 0 Å². The zero-order valence-electron chi connectivity index (χ0n) is 14.2. The Morgan fingerprint density at radius 1 is 1.21 bits per heavy atom. The second-order valence-electron chi connectivity index (χ2n) is 5.80. The zero-order chi connectivity index (χ0) is 17.6. The van der Waals surface area contributed by atoms with Crippen LogP contribution in [-0.2, 0) is 0 Å². The van der Waals surface area contributed by atoms with Crippen molar-refractivity contribution >= 4 is 0 Å². The summed E-state index contributed by atoms with van der Waals surface area (Å²) in [4.78, 5) is 2.11. The number of benzene rings is 1. The molecule has 1 aromatic carbocycles. The van der Waals surface area contributed by atoms with E-state index in [0.717, 1.165) is 31.7 Å². The molecule has 24 heavy (non-hydrogen) atoms. The Hall–Kier alpha value is -1.47. The lowest BCUT2D eigenvalue weighted by molar-refractivity contribution is -0.138. The third-order valence-electron chi connectivity index (χ3n) is 4.17. The fourth-order valence-corrected chi connectivity index (χ4v) is 3.02. The van der Waals surface area contributed by atoms with Crippen LogP contribution in [0.1, 0.15) is 31.4 Å². The highest BCUT2D eigenvalue weighted by Gasteiger charge is 2.31. The summed E-state index contributed by atoms with van der Waals surface area (Å²) in [6.07, 6.45) is -4.90. The minimum Gasteiger partial charge on any atom is -0.493 e. The van der Waals surface area contributed by atoms with Crippen LogP contribution in [0, 0.1) is 0 Å². The van der Waals surface area contributed by atoms with Crippen LogP contribution in [0.15, 0.2) is 18.2 Å². The molecule has 0 spiro atoms. The van der Waals surface area contributed by atoms with Gasteiger partial charge >= 0.3 is 6.18 Å². The van der Waals surface area contributed by atoms with Gasteiger partial charge in [-0.2, -0.15) is 13.2 Å². The lowest BCUT2D eigenvalue weighted by Crippen LogP contribution is -2.45. The van der Waals surface area contributed by atoms with Crippen LogP contribution >= 0.6 is 0 Å². The molecule has 1 heterocycles. The largest absolute Gasteiger partial charge is 0.493 e. The topological polar surface area (TPSA) is 33.7 Å². The van der Waals surface area contributed by atoms with Crippen molar-refractivity contribution in [1.29, 1.82) is 0 Å². The third-order valence-corrected chi connectivity index (χ3v) is 4.17. The van der Waals surface area contributed by atoms with Crippen molar-refractivity contribution in [2.24, 2.45) is 0 Å². The summed E-state index contributed by atoms with van der Waals surface area (Å²) in [6, 6.07) is 5.14. The molecule has 1 N–H and O–H groups in total. The number of rotatable bonds is 7. The minimum absolute atomic E-state index is 0.0423. The number of methoxy groups -OCH3 is 1. The SMILES string of the molecule is CCOc1ccc([C@@H](CCC(F)(F)F)N2CCNCC2)cc1OC. The molecule has 4 nitrogen and oxygen atoms in total. The molecule has 0 saturated carbocycles. The molecule has 0 bridgehead atoms. The second kappa shape index (κ2) is 8.58. The van der Waals surface area contributed by atoms with Crippen molar-refractivity contribution < 1.29 is 22.6 Å². The second-order valence-corrected chi connectivity index (χ2v) is 5.80. The van der Waals surface area contributed by atoms with Gasteiger partial charge < -0.3 is 14.8 Å². The number of piperazine rings is 1. The molecule has 0 aromatic heterocycles. The first kappa shape index (κ1) is 18.9. The van der Waals surface area contributed by atoms with Crippen LogP contribution in [0.5, 0.6) is 11.5 Å². The summed E-state index contributed by atoms with van der Waals surface area (Å²) in [5, 5.41) is 3.23. The molecule has 0 aliphatic carbocycles. The number of hydrogen-bond donors (Lipinski definition) is 1. The summed E-state index contributed by atoms with van der Waals surface area (Å²) in [6.45, 7) is 5.43. The van der Waals surface area contributed by atoms with E-state index in [2.05, 4.69) is 10.2 Å². The van der Waals surface area contributed by atoms with E-state index in [9.17, 15) is 13.2 Å². The van der Waals surface area contributed by atoms with Gasteiger partial charge in [-0.3, -0.25) is 4.90 Å². The van der Waals surface area contributed by atoms with Gasteiger partial charge in [0.15, 0.2) is 11.5 Å². The van der Waals surface area contributed by atoms with E-state index < -0.39 is 12.6 Å². The van der Waals surface area contributed by atoms with Gasteiger partial charge in [0.25, 0.3) is 0 Å². The molecule has 1 aliphatic rings. The van der Waals surface area contributed by atoms with Crippen LogP contribution in [0.25, 0.3) is 0 Å². The fraction of sp³-hybridized carbons (Fsp3) is 0.647. The molecule has 0 unspecified atom stereocenters. The maximum Gasteiger partial charge on any atom is 0.389 e. The summed E-state index contributed by atoms with van der Waals surface area (Å²) in [5.41, 5.74) is 0.835. The van der Waals surface area contributed by atoms with Crippen LogP contribution in [-0.4, -0.2) is 51.0 Å². The van der Waals surface area contributed by atoms with Crippen molar-refractivity contribution in [3.63, 3.8) is 0 Å². The van der Waals surface area contributed by atoms with Gasteiger partial charge in [0.05, 0.1) is 13.7 Å². The molecule has 1 saturated heterocycles. The Morgan fingerprint density at radius 3 is 2.50 bits per heavy atom. The average Bonchev–Trinajstić information content (AvgIpc) is 2.56. The smallest absolute Gasteiger partial charge is 0.389 e. The number of halogens is 3. The first-order chi connectivity index (χ1) is 11.4. The highest BCUT2D eigenvalue weighted by molar-refractivity contribution is 5.44. The van der Waals surface area contributed by atoms with Crippen molar-refractivity contribution in [2.45, 2.75) is 32.0 Å². The van der Waals surface area contributed by atoms with E-state index in [0.29, 0.717) is 18.1 Å². The van der Waals surface area contributed by atoms with E-state index in [1.807, 2.05) is 13.0 Å². The Labute approximate surface area is 140 Å². The highest BCUT2D eigenvalue weighted by atomic mass is 19.4. The molecule has 136 valence electrons. The molecular formula is C17H25F3N2O2. The quantitative estimate of drug-likeness (QED) is 0.821. The predicted molar refractivity (Wildman–Crippen MR) is 86.6 cm³/mol. The summed E-state index contributed by atoms with van der Waals surface area (Å²) in [7, 11) is 1.54. The Balaban J connectivity index is 2.24. The molecule has 0 amide bonds. The first-order valence-electron chi connectivity index (χ1n) is 8.27. The molecule has 7 heteroatoms. The van der Waals surface area contributed by atoms with E-state index in [1.165, 1.54) is 7.11 Å². The van der Waals surface area contributed by atoms with Crippen LogP contribution in [0.4, 0.5) is 13.2 Å². The van der Waals surface area contributed by atoms with Crippen LogP contribution < -0.4 is 14.8 Å². The van der Waals surface area contributed by atoms with E-state index in [1.54, 1.807) is 12.1 Å². The molecule has 1 aromatic rings. The lowest BCUT2D eigenvalue weighted by Gasteiger charge is -2.35. The van der Waals surface area contributed by atoms with Gasteiger partial charge in [0, 0.05) is 38.6 Å². The zero-order valence-corrected chi connectivity index (χ0v) is 14.2. The minimum atomic E-state index is -4.15. The molecule has 1 atom stereocenters. The van der Waals surface area contributed by atoms with Crippen molar-refractivity contribution in [1.82, 2.24) is 10.2 Å². The third kappa shape index (κ3) is 5.27. The molecule has 1 aliphatic heterocycles. The van der Waals surface area contributed by atoms with Crippen LogP contribution in [0.3, 0.4) is 0 Å². The van der Waals surface area contributed by atoms with Crippen LogP contribution in [0.2, 0.25) is 0 Å². The van der Waals surface area contributed by atoms with E-state index in [4.69, 9.17) is 9.47 Å². The Bertz CT molecular complexity index is 517.